The highest BCUT2D eigenvalue weighted by Gasteiger charge is 2.18. The molecule has 0 fully saturated rings. The van der Waals surface area contributed by atoms with Crippen LogP contribution in [0.4, 0.5) is 0 Å². The molecule has 0 radical (unpaired) electrons. The van der Waals surface area contributed by atoms with Crippen molar-refractivity contribution in [2.75, 3.05) is 13.2 Å². The summed E-state index contributed by atoms with van der Waals surface area (Å²) >= 11 is 0. The van der Waals surface area contributed by atoms with Crippen molar-refractivity contribution in [1.82, 2.24) is 5.16 Å². The van der Waals surface area contributed by atoms with E-state index in [1.54, 1.807) is 13.8 Å². The zero-order chi connectivity index (χ0) is 11.3. The highest BCUT2D eigenvalue weighted by molar-refractivity contribution is 5.92. The molecule has 0 atom stereocenters. The minimum atomic E-state index is -0.652. The van der Waals surface area contributed by atoms with Crippen LogP contribution in [0.3, 0.4) is 0 Å². The Hall–Kier alpha value is -1.85. The summed E-state index contributed by atoms with van der Waals surface area (Å²) in [6.45, 7) is 3.81. The first kappa shape index (κ1) is 11.2. The Morgan fingerprint density at radius 3 is 2.47 bits per heavy atom. The Bertz CT molecular complexity index is 325. The van der Waals surface area contributed by atoms with Crippen molar-refractivity contribution in [1.29, 1.82) is 0 Å². The van der Waals surface area contributed by atoms with Crippen LogP contribution in [0.2, 0.25) is 0 Å². The van der Waals surface area contributed by atoms with Crippen molar-refractivity contribution in [3.8, 4) is 0 Å². The fraction of sp³-hybridized carbons (Fsp3) is 0.444. The summed E-state index contributed by atoms with van der Waals surface area (Å²) in [5.41, 5.74) is -0.0418. The molecular weight excluding hydrogens is 202 g/mol. The number of hydrogen-bond donors (Lipinski definition) is 0. The first-order chi connectivity index (χ1) is 7.19. The van der Waals surface area contributed by atoms with Crippen molar-refractivity contribution >= 4 is 11.9 Å². The van der Waals surface area contributed by atoms with Crippen LogP contribution in [0.5, 0.6) is 0 Å². The Labute approximate surface area is 86.1 Å². The number of hydrogen-bond acceptors (Lipinski definition) is 6. The number of esters is 2. The van der Waals surface area contributed by atoms with E-state index in [4.69, 9.17) is 0 Å². The van der Waals surface area contributed by atoms with E-state index in [0.717, 1.165) is 0 Å². The largest absolute Gasteiger partial charge is 0.461 e. The molecule has 82 valence electrons. The summed E-state index contributed by atoms with van der Waals surface area (Å²) in [5, 5.41) is 3.39. The first-order valence-electron chi connectivity index (χ1n) is 4.50. The van der Waals surface area contributed by atoms with Crippen molar-refractivity contribution in [2.45, 2.75) is 13.8 Å². The monoisotopic (exact) mass is 213 g/mol. The number of rotatable bonds is 4. The van der Waals surface area contributed by atoms with Crippen molar-refractivity contribution in [3.63, 3.8) is 0 Å². The van der Waals surface area contributed by atoms with Crippen LogP contribution in [0.25, 0.3) is 0 Å². The molecule has 15 heavy (non-hydrogen) atoms. The molecule has 0 saturated carbocycles. The van der Waals surface area contributed by atoms with Gasteiger partial charge < -0.3 is 14.0 Å². The third-order valence-electron chi connectivity index (χ3n) is 1.47. The number of ether oxygens (including phenoxy) is 2. The van der Waals surface area contributed by atoms with E-state index in [9.17, 15) is 9.59 Å². The fourth-order valence-electron chi connectivity index (χ4n) is 0.875. The van der Waals surface area contributed by atoms with Crippen LogP contribution in [-0.4, -0.2) is 30.3 Å². The lowest BCUT2D eigenvalue weighted by Gasteiger charge is -1.95. The molecule has 1 heterocycles. The standard InChI is InChI=1S/C9H11NO5/c1-3-13-8(11)6-5-7(15-10-6)9(12)14-4-2/h5H,3-4H2,1-2H3. The van der Waals surface area contributed by atoms with Gasteiger partial charge in [0, 0.05) is 6.07 Å². The highest BCUT2D eigenvalue weighted by Crippen LogP contribution is 2.06. The second-order valence-electron chi connectivity index (χ2n) is 2.52. The van der Waals surface area contributed by atoms with Crippen LogP contribution in [0.15, 0.2) is 10.6 Å². The van der Waals surface area contributed by atoms with Gasteiger partial charge in [-0.2, -0.15) is 0 Å². The van der Waals surface area contributed by atoms with Gasteiger partial charge in [-0.05, 0) is 13.8 Å². The van der Waals surface area contributed by atoms with Gasteiger partial charge in [-0.1, -0.05) is 5.16 Å². The maximum atomic E-state index is 11.1. The van der Waals surface area contributed by atoms with Gasteiger partial charge in [0.15, 0.2) is 5.69 Å². The molecule has 0 amide bonds. The van der Waals surface area contributed by atoms with Gasteiger partial charge in [0.25, 0.3) is 0 Å². The zero-order valence-electron chi connectivity index (χ0n) is 8.48. The summed E-state index contributed by atoms with van der Waals surface area (Å²) in [6, 6.07) is 1.19. The third-order valence-corrected chi connectivity index (χ3v) is 1.47. The van der Waals surface area contributed by atoms with Crippen molar-refractivity contribution in [2.24, 2.45) is 0 Å². The Morgan fingerprint density at radius 1 is 1.27 bits per heavy atom. The van der Waals surface area contributed by atoms with E-state index >= 15 is 0 Å². The SMILES string of the molecule is CCOC(=O)c1cc(C(=O)OCC)on1. The normalized spacial score (nSPS) is 9.73. The van der Waals surface area contributed by atoms with Crippen molar-refractivity contribution < 1.29 is 23.6 Å². The molecule has 0 aromatic carbocycles. The lowest BCUT2D eigenvalue weighted by Crippen LogP contribution is -2.05. The molecule has 6 nitrogen and oxygen atoms in total. The van der Waals surface area contributed by atoms with E-state index in [1.165, 1.54) is 6.07 Å². The second kappa shape index (κ2) is 5.14. The molecule has 0 aliphatic rings. The zero-order valence-corrected chi connectivity index (χ0v) is 8.48. The predicted octanol–water partition coefficient (Wildman–Crippen LogP) is 1.03. The smallest absolute Gasteiger partial charge is 0.377 e. The minimum Gasteiger partial charge on any atom is -0.461 e. The van der Waals surface area contributed by atoms with Gasteiger partial charge in [0.1, 0.15) is 0 Å². The summed E-state index contributed by atoms with van der Waals surface area (Å²) in [5.74, 6) is -1.39. The van der Waals surface area contributed by atoms with Crippen molar-refractivity contribution in [3.05, 3.63) is 17.5 Å². The van der Waals surface area contributed by atoms with E-state index in [-0.39, 0.29) is 24.7 Å². The molecule has 1 rings (SSSR count). The Kier molecular flexibility index (Phi) is 3.84. The minimum absolute atomic E-state index is 0.0418. The van der Waals surface area contributed by atoms with E-state index in [1.807, 2.05) is 0 Å². The molecule has 0 bridgehead atoms. The Balaban J connectivity index is 2.71. The van der Waals surface area contributed by atoms with Crippen LogP contribution in [0, 0.1) is 0 Å². The summed E-state index contributed by atoms with van der Waals surface area (Å²) in [6.07, 6.45) is 0. The summed E-state index contributed by atoms with van der Waals surface area (Å²) in [7, 11) is 0. The average molecular weight is 213 g/mol. The quantitative estimate of drug-likeness (QED) is 0.695. The van der Waals surface area contributed by atoms with Crippen LogP contribution < -0.4 is 0 Å². The van der Waals surface area contributed by atoms with Gasteiger partial charge in [0.05, 0.1) is 13.2 Å². The fourth-order valence-corrected chi connectivity index (χ4v) is 0.875. The second-order valence-corrected chi connectivity index (χ2v) is 2.52. The first-order valence-corrected chi connectivity index (χ1v) is 4.50. The third kappa shape index (κ3) is 2.80. The van der Waals surface area contributed by atoms with Gasteiger partial charge >= 0.3 is 11.9 Å². The number of aromatic nitrogens is 1. The van der Waals surface area contributed by atoms with E-state index < -0.39 is 11.9 Å². The Morgan fingerprint density at radius 2 is 1.87 bits per heavy atom. The maximum Gasteiger partial charge on any atom is 0.377 e. The highest BCUT2D eigenvalue weighted by atomic mass is 16.6. The van der Waals surface area contributed by atoms with E-state index in [2.05, 4.69) is 19.2 Å². The number of carbonyl (C=O) groups excluding carboxylic acids is 2. The van der Waals surface area contributed by atoms with Crippen LogP contribution in [0.1, 0.15) is 34.9 Å². The maximum absolute atomic E-state index is 11.1. The molecule has 1 aromatic rings. The lowest BCUT2D eigenvalue weighted by molar-refractivity contribution is 0.0471. The predicted molar refractivity (Wildman–Crippen MR) is 48.4 cm³/mol. The van der Waals surface area contributed by atoms with Gasteiger partial charge in [-0.3, -0.25) is 0 Å². The molecule has 0 saturated heterocycles. The summed E-state index contributed by atoms with van der Waals surface area (Å²) < 4.78 is 13.9. The molecule has 0 spiro atoms. The summed E-state index contributed by atoms with van der Waals surface area (Å²) in [4.78, 5) is 22.3. The topological polar surface area (TPSA) is 78.6 Å². The van der Waals surface area contributed by atoms with E-state index in [0.29, 0.717) is 0 Å². The molecular formula is C9H11NO5. The molecule has 6 heteroatoms. The lowest BCUT2D eigenvalue weighted by atomic mass is 10.3. The van der Waals surface area contributed by atoms with Gasteiger partial charge in [0.2, 0.25) is 5.76 Å². The van der Waals surface area contributed by atoms with Gasteiger partial charge in [-0.25, -0.2) is 9.59 Å². The van der Waals surface area contributed by atoms with Crippen LogP contribution >= 0.6 is 0 Å². The average Bonchev–Trinajstić information content (AvgIpc) is 2.67. The molecule has 1 aromatic heterocycles. The molecule has 0 aliphatic heterocycles. The number of nitrogens with zero attached hydrogens (tertiary/aromatic N) is 1. The molecule has 0 aliphatic carbocycles. The number of carbonyl (C=O) groups is 2. The molecule has 0 N–H and O–H groups in total. The molecule has 0 unspecified atom stereocenters. The van der Waals surface area contributed by atoms with Crippen LogP contribution in [-0.2, 0) is 9.47 Å². The van der Waals surface area contributed by atoms with Gasteiger partial charge in [-0.15, -0.1) is 0 Å².